The van der Waals surface area contributed by atoms with Crippen molar-refractivity contribution in [1.82, 2.24) is 15.5 Å². The molecule has 1 saturated carbocycles. The molecule has 1 aliphatic heterocycles. The van der Waals surface area contributed by atoms with Crippen LogP contribution in [0.2, 0.25) is 0 Å². The third kappa shape index (κ3) is 6.40. The molecule has 0 bridgehead atoms. The molecular weight excluding hydrogens is 333 g/mol. The number of carbonyl (C=O) groups is 1. The molecule has 0 aromatic rings. The van der Waals surface area contributed by atoms with Gasteiger partial charge < -0.3 is 15.5 Å². The van der Waals surface area contributed by atoms with Crippen molar-refractivity contribution in [1.29, 1.82) is 0 Å². The van der Waals surface area contributed by atoms with Crippen LogP contribution in [-0.4, -0.2) is 56.2 Å². The van der Waals surface area contributed by atoms with Crippen molar-refractivity contribution in [2.24, 2.45) is 10.4 Å². The van der Waals surface area contributed by atoms with Gasteiger partial charge in [-0.3, -0.25) is 9.79 Å². The highest BCUT2D eigenvalue weighted by atomic mass is 19.4. The first kappa shape index (κ1) is 19.8. The quantitative estimate of drug-likeness (QED) is 0.600. The Morgan fingerprint density at radius 3 is 2.32 bits per heavy atom. The maximum atomic E-state index is 12.1. The summed E-state index contributed by atoms with van der Waals surface area (Å²) < 4.78 is 36.4. The van der Waals surface area contributed by atoms with E-state index < -0.39 is 18.6 Å². The standard InChI is InChI=1S/C17H29F3N4O/c1-21-15(22-11-14(25)23-12-17(18,19)20)24-10-6-9-16(13-24)7-4-2-3-5-8-16/h2-13H2,1H3,(H,21,22)(H,23,25). The molecule has 1 saturated heterocycles. The summed E-state index contributed by atoms with van der Waals surface area (Å²) >= 11 is 0. The van der Waals surface area contributed by atoms with Gasteiger partial charge in [0, 0.05) is 20.1 Å². The Bertz CT molecular complexity index is 471. The highest BCUT2D eigenvalue weighted by molar-refractivity contribution is 5.86. The van der Waals surface area contributed by atoms with Crippen molar-refractivity contribution >= 4 is 11.9 Å². The van der Waals surface area contributed by atoms with Crippen LogP contribution in [0.3, 0.4) is 0 Å². The van der Waals surface area contributed by atoms with Crippen molar-refractivity contribution in [3.05, 3.63) is 0 Å². The number of carbonyl (C=O) groups excluding carboxylic acids is 1. The Morgan fingerprint density at radius 2 is 1.72 bits per heavy atom. The number of piperidine rings is 1. The minimum atomic E-state index is -4.39. The molecule has 1 amide bonds. The monoisotopic (exact) mass is 362 g/mol. The minimum absolute atomic E-state index is 0.202. The van der Waals surface area contributed by atoms with Gasteiger partial charge in [-0.1, -0.05) is 25.7 Å². The Hall–Kier alpha value is -1.47. The summed E-state index contributed by atoms with van der Waals surface area (Å²) in [5.41, 5.74) is 0.324. The van der Waals surface area contributed by atoms with E-state index in [2.05, 4.69) is 15.2 Å². The van der Waals surface area contributed by atoms with E-state index in [1.165, 1.54) is 44.9 Å². The number of guanidine groups is 1. The van der Waals surface area contributed by atoms with Crippen LogP contribution < -0.4 is 10.6 Å². The second kappa shape index (κ2) is 8.76. The third-order valence-corrected chi connectivity index (χ3v) is 5.23. The second-order valence-electron chi connectivity index (χ2n) is 7.23. The maximum absolute atomic E-state index is 12.1. The van der Waals surface area contributed by atoms with Crippen molar-refractivity contribution in [3.63, 3.8) is 0 Å². The number of hydrogen-bond acceptors (Lipinski definition) is 2. The summed E-state index contributed by atoms with van der Waals surface area (Å²) in [5.74, 6) is -0.0786. The zero-order valence-corrected chi connectivity index (χ0v) is 14.9. The summed E-state index contributed by atoms with van der Waals surface area (Å²) in [6, 6.07) is 0. The van der Waals surface area contributed by atoms with E-state index in [9.17, 15) is 18.0 Å². The maximum Gasteiger partial charge on any atom is 0.405 e. The average Bonchev–Trinajstić information content (AvgIpc) is 2.78. The van der Waals surface area contributed by atoms with Crippen LogP contribution in [0.15, 0.2) is 4.99 Å². The van der Waals surface area contributed by atoms with E-state index in [-0.39, 0.29) is 6.54 Å². The number of aliphatic imine (C=N–C) groups is 1. The molecule has 1 heterocycles. The van der Waals surface area contributed by atoms with E-state index in [0.29, 0.717) is 11.4 Å². The number of hydrogen-bond donors (Lipinski definition) is 2. The predicted molar refractivity (Wildman–Crippen MR) is 91.4 cm³/mol. The fourth-order valence-corrected chi connectivity index (χ4v) is 4.03. The Labute approximate surface area is 147 Å². The van der Waals surface area contributed by atoms with E-state index in [0.717, 1.165) is 19.5 Å². The van der Waals surface area contributed by atoms with E-state index >= 15 is 0 Å². The fourth-order valence-electron chi connectivity index (χ4n) is 4.03. The van der Waals surface area contributed by atoms with Crippen LogP contribution in [0.1, 0.15) is 51.4 Å². The molecule has 0 atom stereocenters. The highest BCUT2D eigenvalue weighted by Crippen LogP contribution is 2.42. The number of rotatable bonds is 3. The van der Waals surface area contributed by atoms with Gasteiger partial charge in [0.2, 0.25) is 5.91 Å². The molecule has 25 heavy (non-hydrogen) atoms. The van der Waals surface area contributed by atoms with Crippen molar-refractivity contribution in [2.45, 2.75) is 57.5 Å². The van der Waals surface area contributed by atoms with Gasteiger partial charge >= 0.3 is 6.18 Å². The Kier molecular flexibility index (Phi) is 6.95. The van der Waals surface area contributed by atoms with Crippen LogP contribution in [0.25, 0.3) is 0 Å². The van der Waals surface area contributed by atoms with Crippen molar-refractivity contribution < 1.29 is 18.0 Å². The molecule has 0 aromatic heterocycles. The van der Waals surface area contributed by atoms with E-state index in [1.807, 2.05) is 5.32 Å². The first-order valence-electron chi connectivity index (χ1n) is 9.13. The molecule has 1 spiro atoms. The van der Waals surface area contributed by atoms with Crippen molar-refractivity contribution in [3.8, 4) is 0 Å². The van der Waals surface area contributed by atoms with Gasteiger partial charge in [-0.05, 0) is 31.1 Å². The van der Waals surface area contributed by atoms with Gasteiger partial charge in [0.25, 0.3) is 0 Å². The topological polar surface area (TPSA) is 56.7 Å². The second-order valence-corrected chi connectivity index (χ2v) is 7.23. The number of nitrogens with one attached hydrogen (secondary N) is 2. The van der Waals surface area contributed by atoms with Gasteiger partial charge in [0.1, 0.15) is 6.54 Å². The molecule has 1 aliphatic carbocycles. The molecule has 2 rings (SSSR count). The smallest absolute Gasteiger partial charge is 0.347 e. The molecule has 2 fully saturated rings. The lowest BCUT2D eigenvalue weighted by Crippen LogP contribution is -2.52. The molecule has 8 heteroatoms. The number of likely N-dealkylation sites (tertiary alicyclic amines) is 1. The fraction of sp³-hybridized carbons (Fsp3) is 0.882. The number of alkyl halides is 3. The number of amides is 1. The summed E-state index contributed by atoms with van der Waals surface area (Å²) in [4.78, 5) is 18.0. The first-order valence-corrected chi connectivity index (χ1v) is 9.13. The predicted octanol–water partition coefficient (Wildman–Crippen LogP) is 2.68. The third-order valence-electron chi connectivity index (χ3n) is 5.23. The van der Waals surface area contributed by atoms with E-state index in [1.54, 1.807) is 7.05 Å². The van der Waals surface area contributed by atoms with Crippen molar-refractivity contribution in [2.75, 3.05) is 33.2 Å². The van der Waals surface area contributed by atoms with Crippen LogP contribution in [0.5, 0.6) is 0 Å². The molecule has 2 N–H and O–H groups in total. The molecule has 5 nitrogen and oxygen atoms in total. The number of nitrogens with zero attached hydrogens (tertiary/aromatic N) is 2. The van der Waals surface area contributed by atoms with Gasteiger partial charge in [-0.15, -0.1) is 0 Å². The zero-order chi connectivity index (χ0) is 18.3. The molecular formula is C17H29F3N4O. The van der Waals surface area contributed by atoms with Gasteiger partial charge in [-0.2, -0.15) is 13.2 Å². The van der Waals surface area contributed by atoms with Gasteiger partial charge in [0.05, 0.1) is 6.54 Å². The molecule has 0 aromatic carbocycles. The number of halogens is 3. The largest absolute Gasteiger partial charge is 0.405 e. The lowest BCUT2D eigenvalue weighted by Gasteiger charge is -2.44. The molecule has 0 radical (unpaired) electrons. The van der Waals surface area contributed by atoms with Gasteiger partial charge in [0.15, 0.2) is 5.96 Å². The summed E-state index contributed by atoms with van der Waals surface area (Å²) in [6.45, 7) is 0.271. The molecule has 0 unspecified atom stereocenters. The van der Waals surface area contributed by atoms with E-state index in [4.69, 9.17) is 0 Å². The minimum Gasteiger partial charge on any atom is -0.347 e. The molecule has 2 aliphatic rings. The Morgan fingerprint density at radius 1 is 1.08 bits per heavy atom. The van der Waals surface area contributed by atoms with Crippen LogP contribution in [0.4, 0.5) is 13.2 Å². The average molecular weight is 362 g/mol. The van der Waals surface area contributed by atoms with Crippen LogP contribution >= 0.6 is 0 Å². The van der Waals surface area contributed by atoms with Crippen LogP contribution in [0, 0.1) is 5.41 Å². The first-order chi connectivity index (χ1) is 11.8. The van der Waals surface area contributed by atoms with Gasteiger partial charge in [-0.25, -0.2) is 0 Å². The summed E-state index contributed by atoms with van der Waals surface area (Å²) in [5, 5.41) is 4.78. The lowest BCUT2D eigenvalue weighted by atomic mass is 9.74. The lowest BCUT2D eigenvalue weighted by molar-refractivity contribution is -0.137. The SMILES string of the molecule is CN=C(NCC(=O)NCC(F)(F)F)N1CCCC2(CCCCCC2)C1. The Balaban J connectivity index is 1.86. The normalized spacial score (nSPS) is 21.8. The summed E-state index contributed by atoms with van der Waals surface area (Å²) in [6.07, 6.45) is 5.50. The zero-order valence-electron chi connectivity index (χ0n) is 14.9. The summed E-state index contributed by atoms with van der Waals surface area (Å²) in [7, 11) is 1.64. The van der Waals surface area contributed by atoms with Crippen LogP contribution in [-0.2, 0) is 4.79 Å². The highest BCUT2D eigenvalue weighted by Gasteiger charge is 2.36. The molecule has 144 valence electrons.